The molecule has 2 aromatic rings. The highest BCUT2D eigenvalue weighted by Crippen LogP contribution is 2.37. The second kappa shape index (κ2) is 9.57. The molecule has 0 spiro atoms. The number of rotatable bonds is 6. The fourth-order valence-electron chi connectivity index (χ4n) is 4.21. The molecule has 190 valence electrons. The quantitative estimate of drug-likeness (QED) is 0.452. The fraction of sp³-hybridized carbons (Fsp3) is 0.500. The van der Waals surface area contributed by atoms with E-state index in [1.54, 1.807) is 22.9 Å². The van der Waals surface area contributed by atoms with Gasteiger partial charge in [-0.05, 0) is 57.8 Å². The standard InChI is InChI=1S/C24H30BN5O6/c1-23(2)24(3,4)36-25(35-23)18-10-15(6-7-16(18)22(32)33-5)28-21-17(20(27)31)12-30(29-21)19-13-34-9-8-14(19)11-26/h6-7,10,12,14,19H,8-9,13H2,1-5H3,(H2,27,31)(H,28,29)/t14-,19+/m0/s1. The predicted molar refractivity (Wildman–Crippen MR) is 131 cm³/mol. The largest absolute Gasteiger partial charge is 0.495 e. The van der Waals surface area contributed by atoms with Gasteiger partial charge in [-0.25, -0.2) is 4.79 Å². The van der Waals surface area contributed by atoms with Gasteiger partial charge in [0.25, 0.3) is 5.91 Å². The average Bonchev–Trinajstić information content (AvgIpc) is 3.35. The number of esters is 1. The number of carbonyl (C=O) groups excluding carboxylic acids is 2. The molecule has 0 saturated carbocycles. The van der Waals surface area contributed by atoms with Crippen molar-refractivity contribution in [3.8, 4) is 6.07 Å². The Balaban J connectivity index is 1.70. The molecule has 0 radical (unpaired) electrons. The van der Waals surface area contributed by atoms with Crippen molar-refractivity contribution in [3.05, 3.63) is 35.5 Å². The highest BCUT2D eigenvalue weighted by atomic mass is 16.7. The first-order valence-corrected chi connectivity index (χ1v) is 11.7. The number of methoxy groups -OCH3 is 1. The maximum atomic E-state index is 12.5. The topological polar surface area (TPSA) is 151 Å². The number of nitrogens with zero attached hydrogens (tertiary/aromatic N) is 3. The molecule has 12 heteroatoms. The highest BCUT2D eigenvalue weighted by molar-refractivity contribution is 6.63. The third-order valence-electron chi connectivity index (χ3n) is 7.06. The van der Waals surface area contributed by atoms with E-state index >= 15 is 0 Å². The van der Waals surface area contributed by atoms with E-state index in [1.807, 2.05) is 27.7 Å². The molecule has 0 bridgehead atoms. The van der Waals surface area contributed by atoms with E-state index in [1.165, 1.54) is 13.3 Å². The average molecular weight is 495 g/mol. The van der Waals surface area contributed by atoms with E-state index < -0.39 is 30.2 Å². The minimum absolute atomic E-state index is 0.159. The molecular formula is C24H30BN5O6. The lowest BCUT2D eigenvalue weighted by atomic mass is 9.75. The molecule has 11 nitrogen and oxygen atoms in total. The van der Waals surface area contributed by atoms with Crippen molar-refractivity contribution in [1.29, 1.82) is 5.26 Å². The van der Waals surface area contributed by atoms with Gasteiger partial charge in [-0.1, -0.05) is 0 Å². The number of nitrogens with two attached hydrogens (primary N) is 1. The SMILES string of the molecule is COC(=O)c1ccc(Nc2nn([C@@H]3COCC[C@H]3C#N)cc2C(N)=O)cc1B1OC(C)(C)C(C)(C)O1. The predicted octanol–water partition coefficient (Wildman–Crippen LogP) is 1.91. The van der Waals surface area contributed by atoms with E-state index in [9.17, 15) is 14.9 Å². The number of carbonyl (C=O) groups is 2. The molecule has 2 atom stereocenters. The van der Waals surface area contributed by atoms with Crippen LogP contribution in [0.2, 0.25) is 0 Å². The Morgan fingerprint density at radius 3 is 2.56 bits per heavy atom. The van der Waals surface area contributed by atoms with E-state index in [4.69, 9.17) is 24.5 Å². The molecule has 0 unspecified atom stereocenters. The van der Waals surface area contributed by atoms with Crippen molar-refractivity contribution in [2.75, 3.05) is 25.6 Å². The monoisotopic (exact) mass is 495 g/mol. The summed E-state index contributed by atoms with van der Waals surface area (Å²) < 4.78 is 24.4. The highest BCUT2D eigenvalue weighted by Gasteiger charge is 2.52. The summed E-state index contributed by atoms with van der Waals surface area (Å²) in [5.74, 6) is -1.29. The maximum absolute atomic E-state index is 12.5. The zero-order valence-corrected chi connectivity index (χ0v) is 21.0. The van der Waals surface area contributed by atoms with E-state index in [0.717, 1.165) is 0 Å². The Morgan fingerprint density at radius 1 is 1.25 bits per heavy atom. The fourth-order valence-corrected chi connectivity index (χ4v) is 4.21. The number of hydrogen-bond acceptors (Lipinski definition) is 9. The van der Waals surface area contributed by atoms with Gasteiger partial charge in [0, 0.05) is 18.5 Å². The number of hydrogen-bond donors (Lipinski definition) is 2. The number of nitriles is 1. The molecule has 36 heavy (non-hydrogen) atoms. The summed E-state index contributed by atoms with van der Waals surface area (Å²) in [6.45, 7) is 8.48. The van der Waals surface area contributed by atoms with Crippen LogP contribution >= 0.6 is 0 Å². The van der Waals surface area contributed by atoms with Gasteiger partial charge in [-0.3, -0.25) is 9.48 Å². The van der Waals surface area contributed by atoms with Crippen LogP contribution in [0.25, 0.3) is 0 Å². The summed E-state index contributed by atoms with van der Waals surface area (Å²) in [4.78, 5) is 24.7. The minimum atomic E-state index is -0.824. The third-order valence-corrected chi connectivity index (χ3v) is 7.06. The number of primary amides is 1. The third kappa shape index (κ3) is 4.69. The van der Waals surface area contributed by atoms with Crippen LogP contribution in [0.15, 0.2) is 24.4 Å². The summed E-state index contributed by atoms with van der Waals surface area (Å²) in [5.41, 5.74) is 5.82. The summed E-state index contributed by atoms with van der Waals surface area (Å²) >= 11 is 0. The van der Waals surface area contributed by atoms with Crippen LogP contribution in [-0.2, 0) is 18.8 Å². The van der Waals surface area contributed by atoms with Crippen molar-refractivity contribution < 1.29 is 28.4 Å². The molecule has 1 aromatic heterocycles. The smallest absolute Gasteiger partial charge is 0.465 e. The second-order valence-corrected chi connectivity index (χ2v) is 9.91. The number of anilines is 2. The maximum Gasteiger partial charge on any atom is 0.495 e. The van der Waals surface area contributed by atoms with Crippen molar-refractivity contribution in [2.45, 2.75) is 51.4 Å². The van der Waals surface area contributed by atoms with Crippen LogP contribution < -0.4 is 16.5 Å². The van der Waals surface area contributed by atoms with Gasteiger partial charge in [-0.2, -0.15) is 10.4 Å². The van der Waals surface area contributed by atoms with E-state index in [0.29, 0.717) is 36.3 Å². The van der Waals surface area contributed by atoms with Crippen molar-refractivity contribution in [2.24, 2.45) is 11.7 Å². The van der Waals surface area contributed by atoms with Crippen molar-refractivity contribution in [1.82, 2.24) is 9.78 Å². The van der Waals surface area contributed by atoms with Crippen molar-refractivity contribution in [3.63, 3.8) is 0 Å². The lowest BCUT2D eigenvalue weighted by Crippen LogP contribution is -2.41. The lowest BCUT2D eigenvalue weighted by molar-refractivity contribution is 0.00578. The Labute approximate surface area is 210 Å². The normalized spacial score (nSPS) is 22.6. The minimum Gasteiger partial charge on any atom is -0.465 e. The summed E-state index contributed by atoms with van der Waals surface area (Å²) in [7, 11) is 0.479. The zero-order valence-electron chi connectivity index (χ0n) is 21.0. The first-order chi connectivity index (χ1) is 17.0. The summed E-state index contributed by atoms with van der Waals surface area (Å²) in [6.07, 6.45) is 2.09. The Bertz CT molecular complexity index is 1200. The van der Waals surface area contributed by atoms with Gasteiger partial charge in [0.05, 0.1) is 48.5 Å². The van der Waals surface area contributed by atoms with Gasteiger partial charge < -0.3 is 29.8 Å². The zero-order chi connectivity index (χ0) is 26.3. The van der Waals surface area contributed by atoms with Crippen LogP contribution in [0.3, 0.4) is 0 Å². The first kappa shape index (κ1) is 25.7. The van der Waals surface area contributed by atoms with Crippen LogP contribution in [0.4, 0.5) is 11.5 Å². The number of ether oxygens (including phenoxy) is 2. The summed E-state index contributed by atoms with van der Waals surface area (Å²) in [5, 5.41) is 17.2. The van der Waals surface area contributed by atoms with Crippen LogP contribution in [0.5, 0.6) is 0 Å². The Kier molecular flexibility index (Phi) is 6.83. The molecule has 3 heterocycles. The van der Waals surface area contributed by atoms with Gasteiger partial charge in [-0.15, -0.1) is 0 Å². The first-order valence-electron chi connectivity index (χ1n) is 11.7. The molecule has 2 fully saturated rings. The van der Waals surface area contributed by atoms with E-state index in [2.05, 4.69) is 16.5 Å². The van der Waals surface area contributed by atoms with E-state index in [-0.39, 0.29) is 23.3 Å². The number of benzene rings is 1. The number of nitrogens with one attached hydrogen (secondary N) is 1. The molecular weight excluding hydrogens is 465 g/mol. The molecule has 1 aromatic carbocycles. The van der Waals surface area contributed by atoms with Crippen molar-refractivity contribution >= 4 is 36.0 Å². The number of aromatic nitrogens is 2. The molecule has 2 aliphatic heterocycles. The molecule has 4 rings (SSSR count). The van der Waals surface area contributed by atoms with Gasteiger partial charge in [0.15, 0.2) is 5.82 Å². The molecule has 3 N–H and O–H groups in total. The van der Waals surface area contributed by atoms with Crippen LogP contribution in [0, 0.1) is 17.2 Å². The summed E-state index contributed by atoms with van der Waals surface area (Å²) in [6, 6.07) is 6.88. The molecule has 2 saturated heterocycles. The molecule has 1 amide bonds. The Morgan fingerprint density at radius 2 is 1.94 bits per heavy atom. The lowest BCUT2D eigenvalue weighted by Gasteiger charge is -2.32. The van der Waals surface area contributed by atoms with Gasteiger partial charge >= 0.3 is 13.1 Å². The molecule has 2 aliphatic rings. The number of amides is 1. The van der Waals surface area contributed by atoms with Gasteiger partial charge in [0.2, 0.25) is 0 Å². The van der Waals surface area contributed by atoms with Gasteiger partial charge in [0.1, 0.15) is 5.56 Å². The van der Waals surface area contributed by atoms with Crippen LogP contribution in [-0.4, -0.2) is 60.3 Å². The second-order valence-electron chi connectivity index (χ2n) is 9.91. The molecule has 0 aliphatic carbocycles. The Hall–Kier alpha value is -3.40. The van der Waals surface area contributed by atoms with Crippen LogP contribution in [0.1, 0.15) is 60.9 Å².